The van der Waals surface area contributed by atoms with Gasteiger partial charge in [-0.25, -0.2) is 0 Å². The van der Waals surface area contributed by atoms with E-state index in [1.807, 2.05) is 35.4 Å². The number of hydrogen-bond donors (Lipinski definition) is 0. The van der Waals surface area contributed by atoms with E-state index in [0.29, 0.717) is 17.9 Å². The van der Waals surface area contributed by atoms with Crippen molar-refractivity contribution in [3.63, 3.8) is 0 Å². The highest BCUT2D eigenvalue weighted by Gasteiger charge is 2.31. The van der Waals surface area contributed by atoms with Crippen molar-refractivity contribution in [3.05, 3.63) is 29.8 Å². The fourth-order valence-electron chi connectivity index (χ4n) is 4.72. The number of likely N-dealkylation sites (N-methyl/N-ethyl adjacent to an activating group) is 1. The van der Waals surface area contributed by atoms with Crippen LogP contribution in [-0.4, -0.2) is 92.9 Å². The average molecular weight is 423 g/mol. The van der Waals surface area contributed by atoms with Gasteiger partial charge < -0.3 is 19.3 Å². The first-order valence-corrected chi connectivity index (χ1v) is 11.2. The van der Waals surface area contributed by atoms with Crippen LogP contribution in [0.25, 0.3) is 10.8 Å². The van der Waals surface area contributed by atoms with Gasteiger partial charge in [-0.05, 0) is 54.9 Å². The molecule has 31 heavy (non-hydrogen) atoms. The molecule has 0 N–H and O–H groups in total. The molecule has 2 saturated heterocycles. The van der Waals surface area contributed by atoms with Crippen LogP contribution < -0.4 is 9.47 Å². The molecule has 3 aliphatic rings. The third kappa shape index (κ3) is 4.00. The largest absolute Gasteiger partial charge is 0.493 e. The Morgan fingerprint density at radius 2 is 1.81 bits per heavy atom. The maximum Gasteiger partial charge on any atom is 0.256 e. The Bertz CT molecular complexity index is 1010. The number of carbonyl (C=O) groups excluding carboxylic acids is 1. The van der Waals surface area contributed by atoms with Gasteiger partial charge in [-0.15, -0.1) is 0 Å². The van der Waals surface area contributed by atoms with E-state index in [1.54, 1.807) is 7.11 Å². The number of methoxy groups -OCH3 is 1. The predicted octanol–water partition coefficient (Wildman–Crippen LogP) is 2.80. The van der Waals surface area contributed by atoms with Crippen LogP contribution in [0.2, 0.25) is 0 Å². The lowest BCUT2D eigenvalue weighted by Gasteiger charge is -2.32. The van der Waals surface area contributed by atoms with Gasteiger partial charge in [0.15, 0.2) is 11.5 Å². The molecule has 2 fully saturated rings. The Morgan fingerprint density at radius 3 is 2.61 bits per heavy atom. The third-order valence-electron chi connectivity index (χ3n) is 6.67. The molecular weight excluding hydrogens is 392 g/mol. The normalized spacial score (nSPS) is 21.8. The molecule has 0 spiro atoms. The van der Waals surface area contributed by atoms with E-state index in [-0.39, 0.29) is 11.9 Å². The lowest BCUT2D eigenvalue weighted by atomic mass is 10.0. The number of rotatable bonds is 5. The molecule has 1 atom stereocenters. The van der Waals surface area contributed by atoms with Gasteiger partial charge in [0.05, 0.1) is 24.4 Å². The summed E-state index contributed by atoms with van der Waals surface area (Å²) in [5.74, 6) is 1.49. The number of amides is 1. The zero-order chi connectivity index (χ0) is 21.4. The highest BCUT2D eigenvalue weighted by Crippen LogP contribution is 2.37. The van der Waals surface area contributed by atoms with Gasteiger partial charge in [-0.2, -0.15) is 0 Å². The summed E-state index contributed by atoms with van der Waals surface area (Å²) in [5, 5.41) is 1.96. The number of fused-ring (bicyclic) bond motifs is 3. The molecule has 0 saturated carbocycles. The number of aliphatic imine (C=N–C) groups is 1. The van der Waals surface area contributed by atoms with Crippen molar-refractivity contribution in [2.75, 3.05) is 60.0 Å². The molecule has 3 aliphatic heterocycles. The van der Waals surface area contributed by atoms with Gasteiger partial charge in [0.2, 0.25) is 0 Å². The summed E-state index contributed by atoms with van der Waals surface area (Å²) >= 11 is 0. The molecule has 0 unspecified atom stereocenters. The van der Waals surface area contributed by atoms with Gasteiger partial charge in [0.25, 0.3) is 5.91 Å². The number of carbonyl (C=O) groups is 1. The van der Waals surface area contributed by atoms with E-state index >= 15 is 0 Å². The van der Waals surface area contributed by atoms with Crippen LogP contribution in [0.3, 0.4) is 0 Å². The van der Waals surface area contributed by atoms with Gasteiger partial charge in [0.1, 0.15) is 6.61 Å². The minimum Gasteiger partial charge on any atom is -0.493 e. The smallest absolute Gasteiger partial charge is 0.256 e. The first-order valence-electron chi connectivity index (χ1n) is 11.2. The summed E-state index contributed by atoms with van der Waals surface area (Å²) in [5.41, 5.74) is 1.40. The Balaban J connectivity index is 1.38. The van der Waals surface area contributed by atoms with Crippen LogP contribution >= 0.6 is 0 Å². The van der Waals surface area contributed by atoms with Crippen molar-refractivity contribution >= 4 is 28.6 Å². The van der Waals surface area contributed by atoms with Crippen LogP contribution in [-0.2, 0) is 0 Å². The van der Waals surface area contributed by atoms with Gasteiger partial charge >= 0.3 is 0 Å². The summed E-state index contributed by atoms with van der Waals surface area (Å²) in [6.45, 7) is 6.66. The molecule has 1 amide bonds. The van der Waals surface area contributed by atoms with Gasteiger partial charge in [-0.1, -0.05) is 0 Å². The Hall–Kier alpha value is -2.64. The molecule has 0 aliphatic carbocycles. The first kappa shape index (κ1) is 20.3. The second kappa shape index (κ2) is 8.48. The van der Waals surface area contributed by atoms with Gasteiger partial charge in [-0.3, -0.25) is 14.7 Å². The number of benzene rings is 2. The monoisotopic (exact) mass is 422 g/mol. The molecule has 2 aromatic carbocycles. The summed E-state index contributed by atoms with van der Waals surface area (Å²) in [4.78, 5) is 24.5. The SMILES string of the molecule is COc1cc2cc3c(cc2cc1OCCN1CCN(C)CC1)N=C[C@@H]1CCCN1C3=O. The minimum atomic E-state index is 0.0726. The summed E-state index contributed by atoms with van der Waals surface area (Å²) in [6, 6.07) is 8.02. The Kier molecular flexibility index (Phi) is 5.54. The number of piperazine rings is 1. The van der Waals surface area contributed by atoms with Gasteiger partial charge in [0, 0.05) is 45.5 Å². The van der Waals surface area contributed by atoms with Crippen LogP contribution in [0.4, 0.5) is 5.69 Å². The van der Waals surface area contributed by atoms with Crippen molar-refractivity contribution in [2.45, 2.75) is 18.9 Å². The molecule has 0 bridgehead atoms. The second-order valence-electron chi connectivity index (χ2n) is 8.70. The molecule has 0 aromatic heterocycles. The molecule has 7 nitrogen and oxygen atoms in total. The lowest BCUT2D eigenvalue weighted by molar-refractivity contribution is 0.0775. The number of hydrogen-bond acceptors (Lipinski definition) is 6. The molecular formula is C24H30N4O3. The van der Waals surface area contributed by atoms with E-state index < -0.39 is 0 Å². The van der Waals surface area contributed by atoms with Crippen molar-refractivity contribution in [3.8, 4) is 11.5 Å². The first-order chi connectivity index (χ1) is 15.1. The van der Waals surface area contributed by atoms with E-state index in [2.05, 4.69) is 21.8 Å². The number of ether oxygens (including phenoxy) is 2. The van der Waals surface area contributed by atoms with Crippen LogP contribution in [0, 0.1) is 0 Å². The zero-order valence-corrected chi connectivity index (χ0v) is 18.3. The maximum atomic E-state index is 13.1. The van der Waals surface area contributed by atoms with Crippen molar-refractivity contribution in [1.29, 1.82) is 0 Å². The predicted molar refractivity (Wildman–Crippen MR) is 122 cm³/mol. The lowest BCUT2D eigenvalue weighted by Crippen LogP contribution is -2.45. The second-order valence-corrected chi connectivity index (χ2v) is 8.70. The fraction of sp³-hybridized carbons (Fsp3) is 0.500. The molecule has 3 heterocycles. The fourth-order valence-corrected chi connectivity index (χ4v) is 4.72. The summed E-state index contributed by atoms with van der Waals surface area (Å²) < 4.78 is 11.7. The standard InChI is InChI=1S/C24H30N4O3/c1-26-6-8-27(9-7-26)10-11-31-23-15-18-13-21-20(12-17(18)14-22(23)30-2)24(29)28-5-3-4-19(28)16-25-21/h12-16,19H,3-11H2,1-2H3/t19-/m0/s1. The minimum absolute atomic E-state index is 0.0726. The summed E-state index contributed by atoms with van der Waals surface area (Å²) in [7, 11) is 3.82. The van der Waals surface area contributed by atoms with E-state index in [0.717, 1.165) is 74.3 Å². The topological polar surface area (TPSA) is 57.6 Å². The Labute approximate surface area is 183 Å². The maximum absolute atomic E-state index is 13.1. The molecule has 7 heteroatoms. The highest BCUT2D eigenvalue weighted by molar-refractivity contribution is 6.07. The highest BCUT2D eigenvalue weighted by atomic mass is 16.5. The van der Waals surface area contributed by atoms with Crippen LogP contribution in [0.1, 0.15) is 23.2 Å². The summed E-state index contributed by atoms with van der Waals surface area (Å²) in [6.07, 6.45) is 3.95. The van der Waals surface area contributed by atoms with Crippen LogP contribution in [0.5, 0.6) is 11.5 Å². The quantitative estimate of drug-likeness (QED) is 0.742. The molecule has 0 radical (unpaired) electrons. The van der Waals surface area contributed by atoms with Crippen molar-refractivity contribution < 1.29 is 14.3 Å². The molecule has 164 valence electrons. The van der Waals surface area contributed by atoms with E-state index in [9.17, 15) is 4.79 Å². The van der Waals surface area contributed by atoms with E-state index in [4.69, 9.17) is 9.47 Å². The van der Waals surface area contributed by atoms with E-state index in [1.165, 1.54) is 0 Å². The number of nitrogens with zero attached hydrogens (tertiary/aromatic N) is 4. The van der Waals surface area contributed by atoms with Crippen molar-refractivity contribution in [2.24, 2.45) is 4.99 Å². The molecule has 5 rings (SSSR count). The zero-order valence-electron chi connectivity index (χ0n) is 18.3. The molecule has 2 aromatic rings. The van der Waals surface area contributed by atoms with Crippen molar-refractivity contribution in [1.82, 2.24) is 14.7 Å². The average Bonchev–Trinajstić information content (AvgIpc) is 3.21. The van der Waals surface area contributed by atoms with Crippen LogP contribution in [0.15, 0.2) is 29.3 Å². The third-order valence-corrected chi connectivity index (χ3v) is 6.67. The Morgan fingerprint density at radius 1 is 1.03 bits per heavy atom.